The molecular formula is C23H31N3O5S. The zero-order valence-electron chi connectivity index (χ0n) is 18.9. The van der Waals surface area contributed by atoms with Gasteiger partial charge in [0.2, 0.25) is 10.0 Å². The van der Waals surface area contributed by atoms with Crippen LogP contribution in [0.15, 0.2) is 47.4 Å². The molecule has 1 aliphatic heterocycles. The monoisotopic (exact) mass is 461 g/mol. The van der Waals surface area contributed by atoms with Crippen LogP contribution < -0.4 is 15.0 Å². The number of ether oxygens (including phenoxy) is 1. The summed E-state index contributed by atoms with van der Waals surface area (Å²) in [5.74, 6) is 0.207. The van der Waals surface area contributed by atoms with Gasteiger partial charge in [0.05, 0.1) is 16.6 Å². The molecule has 0 unspecified atom stereocenters. The largest absolute Gasteiger partial charge is 0.507 e. The maximum absolute atomic E-state index is 13.0. The number of phenols is 1. The third-order valence-electron chi connectivity index (χ3n) is 5.08. The zero-order valence-corrected chi connectivity index (χ0v) is 19.7. The lowest BCUT2D eigenvalue weighted by atomic mass is 10.1. The first-order valence-electron chi connectivity index (χ1n) is 10.7. The lowest BCUT2D eigenvalue weighted by Crippen LogP contribution is -2.48. The Bertz CT molecular complexity index is 1040. The van der Waals surface area contributed by atoms with Crippen molar-refractivity contribution in [3.05, 3.63) is 48.0 Å². The van der Waals surface area contributed by atoms with Crippen molar-refractivity contribution in [3.8, 4) is 11.5 Å². The van der Waals surface area contributed by atoms with Crippen molar-refractivity contribution in [2.45, 2.75) is 44.7 Å². The van der Waals surface area contributed by atoms with Crippen LogP contribution >= 0.6 is 0 Å². The van der Waals surface area contributed by atoms with E-state index in [0.717, 1.165) is 5.69 Å². The van der Waals surface area contributed by atoms with Crippen LogP contribution in [0.3, 0.4) is 0 Å². The van der Waals surface area contributed by atoms with Crippen LogP contribution in [0.2, 0.25) is 0 Å². The lowest BCUT2D eigenvalue weighted by molar-refractivity contribution is 0.0940. The molecule has 1 aliphatic rings. The Labute approximate surface area is 189 Å². The van der Waals surface area contributed by atoms with Crippen LogP contribution in [0, 0.1) is 0 Å². The lowest BCUT2D eigenvalue weighted by Gasteiger charge is -2.35. The van der Waals surface area contributed by atoms with E-state index < -0.39 is 10.0 Å². The zero-order chi connectivity index (χ0) is 23.5. The number of piperazine rings is 1. The van der Waals surface area contributed by atoms with Crippen molar-refractivity contribution in [3.63, 3.8) is 0 Å². The van der Waals surface area contributed by atoms with E-state index in [9.17, 15) is 18.3 Å². The number of hydrogen-bond donors (Lipinski definition) is 2. The third-order valence-corrected chi connectivity index (χ3v) is 7.00. The van der Waals surface area contributed by atoms with Crippen molar-refractivity contribution in [1.29, 1.82) is 0 Å². The molecule has 174 valence electrons. The summed E-state index contributed by atoms with van der Waals surface area (Å²) in [7, 11) is -3.60. The second-order valence-corrected chi connectivity index (χ2v) is 10.3. The Balaban J connectivity index is 1.65. The molecular weight excluding hydrogens is 430 g/mol. The molecule has 0 bridgehead atoms. The number of anilines is 1. The predicted molar refractivity (Wildman–Crippen MR) is 124 cm³/mol. The van der Waals surface area contributed by atoms with Crippen LogP contribution in [0.25, 0.3) is 0 Å². The number of amides is 1. The summed E-state index contributed by atoms with van der Waals surface area (Å²) in [6.45, 7) is 9.13. The van der Waals surface area contributed by atoms with E-state index in [1.54, 1.807) is 42.5 Å². The number of aromatic hydroxyl groups is 1. The molecule has 2 N–H and O–H groups in total. The smallest absolute Gasteiger partial charge is 0.255 e. The summed E-state index contributed by atoms with van der Waals surface area (Å²) in [6.07, 6.45) is 0.0172. The number of phenolic OH excluding ortho intramolecular Hbond substituents is 1. The molecule has 0 atom stereocenters. The maximum atomic E-state index is 13.0. The molecule has 3 rings (SSSR count). The Morgan fingerprint density at radius 3 is 2.16 bits per heavy atom. The number of sulfonamides is 1. The molecule has 9 heteroatoms. The topological polar surface area (TPSA) is 99.2 Å². The summed E-state index contributed by atoms with van der Waals surface area (Å²) in [4.78, 5) is 14.4. The quantitative estimate of drug-likeness (QED) is 0.658. The van der Waals surface area contributed by atoms with Crippen LogP contribution in [0.1, 0.15) is 38.1 Å². The highest BCUT2D eigenvalue weighted by molar-refractivity contribution is 7.89. The summed E-state index contributed by atoms with van der Waals surface area (Å²) < 4.78 is 33.1. The Morgan fingerprint density at radius 2 is 1.62 bits per heavy atom. The van der Waals surface area contributed by atoms with Gasteiger partial charge in [0.15, 0.2) is 0 Å². The predicted octanol–water partition coefficient (Wildman–Crippen LogP) is 2.83. The van der Waals surface area contributed by atoms with E-state index in [1.165, 1.54) is 4.31 Å². The van der Waals surface area contributed by atoms with Crippen molar-refractivity contribution >= 4 is 21.6 Å². The van der Waals surface area contributed by atoms with Gasteiger partial charge >= 0.3 is 0 Å². The maximum Gasteiger partial charge on any atom is 0.255 e. The molecule has 2 aromatic carbocycles. The fourth-order valence-corrected chi connectivity index (χ4v) is 4.97. The van der Waals surface area contributed by atoms with Crippen molar-refractivity contribution in [2.75, 3.05) is 31.1 Å². The second kappa shape index (κ2) is 9.79. The Kier molecular flexibility index (Phi) is 7.30. The summed E-state index contributed by atoms with van der Waals surface area (Å²) in [5, 5.41) is 13.1. The number of benzene rings is 2. The number of hydrogen-bond acceptors (Lipinski definition) is 6. The van der Waals surface area contributed by atoms with Crippen molar-refractivity contribution in [2.24, 2.45) is 0 Å². The van der Waals surface area contributed by atoms with Gasteiger partial charge < -0.3 is 20.1 Å². The second-order valence-electron chi connectivity index (χ2n) is 8.36. The minimum absolute atomic E-state index is 0.0172. The van der Waals surface area contributed by atoms with E-state index in [1.807, 2.05) is 32.6 Å². The highest BCUT2D eigenvalue weighted by Gasteiger charge is 2.29. The molecule has 1 saturated heterocycles. The summed E-state index contributed by atoms with van der Waals surface area (Å²) in [5.41, 5.74) is 0.962. The van der Waals surface area contributed by atoms with Gasteiger partial charge in [-0.2, -0.15) is 4.31 Å². The Hall–Kier alpha value is -2.78. The van der Waals surface area contributed by atoms with Gasteiger partial charge in [-0.1, -0.05) is 0 Å². The number of carbonyl (C=O) groups is 1. The minimum Gasteiger partial charge on any atom is -0.507 e. The minimum atomic E-state index is -3.60. The summed E-state index contributed by atoms with van der Waals surface area (Å²) in [6, 6.07) is 11.4. The number of rotatable bonds is 7. The fraction of sp³-hybridized carbons (Fsp3) is 0.435. The molecule has 0 aromatic heterocycles. The van der Waals surface area contributed by atoms with Crippen molar-refractivity contribution in [1.82, 2.24) is 9.62 Å². The van der Waals surface area contributed by atoms with Crippen molar-refractivity contribution < 1.29 is 23.1 Å². The van der Waals surface area contributed by atoms with Gasteiger partial charge in [0.25, 0.3) is 5.91 Å². The van der Waals surface area contributed by atoms with Gasteiger partial charge in [-0.25, -0.2) is 8.42 Å². The normalized spacial score (nSPS) is 15.2. The molecule has 1 heterocycles. The molecule has 1 amide bonds. The van der Waals surface area contributed by atoms with Crippen LogP contribution in [0.4, 0.5) is 5.69 Å². The van der Waals surface area contributed by atoms with E-state index in [4.69, 9.17) is 4.74 Å². The van der Waals surface area contributed by atoms with E-state index in [2.05, 4.69) is 5.32 Å². The first-order chi connectivity index (χ1) is 15.1. The van der Waals surface area contributed by atoms with Gasteiger partial charge in [-0.3, -0.25) is 4.79 Å². The first kappa shape index (κ1) is 23.9. The molecule has 0 spiro atoms. The van der Waals surface area contributed by atoms with E-state index in [0.29, 0.717) is 31.9 Å². The standard InChI is InChI=1S/C23H31N3O5S/c1-16(2)24-23(28)21-10-5-18(15-22(21)27)25-11-13-26(14-12-25)32(29,30)20-8-6-19(7-9-20)31-17(3)4/h5-10,15-17,27H,11-14H2,1-4H3,(H,24,28). The van der Waals surface area contributed by atoms with Gasteiger partial charge in [0, 0.05) is 44.0 Å². The average molecular weight is 462 g/mol. The SMILES string of the molecule is CC(C)NC(=O)c1ccc(N2CCN(S(=O)(=O)c3ccc(OC(C)C)cc3)CC2)cc1O. The Morgan fingerprint density at radius 1 is 1.00 bits per heavy atom. The summed E-state index contributed by atoms with van der Waals surface area (Å²) >= 11 is 0. The van der Waals surface area contributed by atoms with E-state index in [-0.39, 0.29) is 34.3 Å². The van der Waals surface area contributed by atoms with Crippen LogP contribution in [0.5, 0.6) is 11.5 Å². The molecule has 8 nitrogen and oxygen atoms in total. The average Bonchev–Trinajstić information content (AvgIpc) is 2.73. The molecule has 0 saturated carbocycles. The van der Waals surface area contributed by atoms with Crippen LogP contribution in [-0.2, 0) is 10.0 Å². The number of carbonyl (C=O) groups excluding carboxylic acids is 1. The molecule has 2 aromatic rings. The van der Waals surface area contributed by atoms with E-state index >= 15 is 0 Å². The molecule has 0 radical (unpaired) electrons. The molecule has 1 fully saturated rings. The number of nitrogens with zero attached hydrogens (tertiary/aromatic N) is 2. The van der Waals surface area contributed by atoms with Crippen LogP contribution in [-0.4, -0.2) is 62.1 Å². The molecule has 0 aliphatic carbocycles. The third kappa shape index (κ3) is 5.52. The fourth-order valence-electron chi connectivity index (χ4n) is 3.55. The van der Waals surface area contributed by atoms with Gasteiger partial charge in [-0.15, -0.1) is 0 Å². The van der Waals surface area contributed by atoms with Gasteiger partial charge in [0.1, 0.15) is 11.5 Å². The highest BCUT2D eigenvalue weighted by Crippen LogP contribution is 2.27. The van der Waals surface area contributed by atoms with Gasteiger partial charge in [-0.05, 0) is 64.1 Å². The molecule has 32 heavy (non-hydrogen) atoms. The number of nitrogens with one attached hydrogen (secondary N) is 1. The highest BCUT2D eigenvalue weighted by atomic mass is 32.2. The first-order valence-corrected chi connectivity index (χ1v) is 12.2.